The molecule has 0 radical (unpaired) electrons. The maximum atomic E-state index is 13.6. The first-order valence-electron chi connectivity index (χ1n) is 6.17. The zero-order chi connectivity index (χ0) is 15.4. The van der Waals surface area contributed by atoms with Gasteiger partial charge < -0.3 is 15.8 Å². The van der Waals surface area contributed by atoms with Gasteiger partial charge in [-0.15, -0.1) is 0 Å². The Balaban J connectivity index is 2.24. The van der Waals surface area contributed by atoms with Crippen LogP contribution in [-0.2, 0) is 6.54 Å². The summed E-state index contributed by atoms with van der Waals surface area (Å²) in [5.74, 6) is -0.596. The van der Waals surface area contributed by atoms with E-state index in [0.717, 1.165) is 6.07 Å². The molecule has 0 bridgehead atoms. The Morgan fingerprint density at radius 2 is 2.00 bits per heavy atom. The van der Waals surface area contributed by atoms with Crippen LogP contribution in [0.1, 0.15) is 11.1 Å². The van der Waals surface area contributed by atoms with Crippen molar-refractivity contribution in [3.63, 3.8) is 0 Å². The minimum Gasteiger partial charge on any atom is -0.497 e. The average Bonchev–Trinajstić information content (AvgIpc) is 2.45. The maximum absolute atomic E-state index is 13.6. The van der Waals surface area contributed by atoms with Crippen molar-refractivity contribution in [2.75, 3.05) is 12.4 Å². The van der Waals surface area contributed by atoms with Gasteiger partial charge >= 0.3 is 0 Å². The van der Waals surface area contributed by atoms with Crippen LogP contribution < -0.4 is 15.8 Å². The molecule has 0 saturated carbocycles. The summed E-state index contributed by atoms with van der Waals surface area (Å²) < 4.78 is 31.6. The van der Waals surface area contributed by atoms with Crippen molar-refractivity contribution in [3.8, 4) is 5.75 Å². The smallest absolute Gasteiger partial charge is 0.131 e. The quantitative estimate of drug-likeness (QED) is 0.833. The van der Waals surface area contributed by atoms with Gasteiger partial charge in [0.2, 0.25) is 0 Å². The lowest BCUT2D eigenvalue weighted by Crippen LogP contribution is -2.13. The fourth-order valence-electron chi connectivity index (χ4n) is 1.87. The van der Waals surface area contributed by atoms with Gasteiger partial charge in [0.05, 0.1) is 7.11 Å². The Labute approximate surface area is 126 Å². The van der Waals surface area contributed by atoms with Gasteiger partial charge in [0, 0.05) is 35.5 Å². The number of methoxy groups -OCH3 is 1. The molecule has 2 aromatic carbocycles. The van der Waals surface area contributed by atoms with E-state index in [1.807, 2.05) is 0 Å². The highest BCUT2D eigenvalue weighted by molar-refractivity contribution is 7.80. The van der Waals surface area contributed by atoms with Crippen LogP contribution in [0.4, 0.5) is 14.5 Å². The molecule has 0 aliphatic carbocycles. The number of ether oxygens (including phenoxy) is 1. The zero-order valence-electron chi connectivity index (χ0n) is 11.3. The fraction of sp³-hybridized carbons (Fsp3) is 0.133. The SMILES string of the molecule is COc1ccc(C(N)=S)c(NCc2ccc(F)cc2F)c1. The number of hydrogen-bond acceptors (Lipinski definition) is 3. The number of rotatable bonds is 5. The largest absolute Gasteiger partial charge is 0.497 e. The van der Waals surface area contributed by atoms with E-state index in [-0.39, 0.29) is 11.5 Å². The van der Waals surface area contributed by atoms with E-state index < -0.39 is 11.6 Å². The van der Waals surface area contributed by atoms with E-state index in [4.69, 9.17) is 22.7 Å². The van der Waals surface area contributed by atoms with Crippen LogP contribution >= 0.6 is 12.2 Å². The van der Waals surface area contributed by atoms with Crippen LogP contribution in [0.3, 0.4) is 0 Å². The van der Waals surface area contributed by atoms with Crippen molar-refractivity contribution in [2.45, 2.75) is 6.54 Å². The average molecular weight is 308 g/mol. The van der Waals surface area contributed by atoms with E-state index in [0.29, 0.717) is 22.6 Å². The van der Waals surface area contributed by atoms with Crippen molar-refractivity contribution >= 4 is 22.9 Å². The maximum Gasteiger partial charge on any atom is 0.131 e. The van der Waals surface area contributed by atoms with Gasteiger partial charge in [-0.05, 0) is 18.2 Å². The van der Waals surface area contributed by atoms with E-state index in [2.05, 4.69) is 5.32 Å². The number of anilines is 1. The van der Waals surface area contributed by atoms with Gasteiger partial charge in [-0.1, -0.05) is 18.3 Å². The highest BCUT2D eigenvalue weighted by atomic mass is 32.1. The summed E-state index contributed by atoms with van der Waals surface area (Å²) in [7, 11) is 1.54. The Bertz CT molecular complexity index is 677. The molecule has 0 heterocycles. The molecule has 6 heteroatoms. The van der Waals surface area contributed by atoms with Crippen LogP contribution in [-0.4, -0.2) is 12.1 Å². The predicted octanol–water partition coefficient (Wildman–Crippen LogP) is 3.22. The van der Waals surface area contributed by atoms with Crippen LogP contribution in [0.15, 0.2) is 36.4 Å². The molecule has 21 heavy (non-hydrogen) atoms. The minimum absolute atomic E-state index is 0.175. The van der Waals surface area contributed by atoms with Gasteiger partial charge in [0.15, 0.2) is 0 Å². The van der Waals surface area contributed by atoms with E-state index >= 15 is 0 Å². The second-order valence-corrected chi connectivity index (χ2v) is 4.80. The molecule has 0 spiro atoms. The molecule has 110 valence electrons. The molecule has 0 aliphatic rings. The van der Waals surface area contributed by atoms with Crippen molar-refractivity contribution < 1.29 is 13.5 Å². The third-order valence-corrected chi connectivity index (χ3v) is 3.20. The Hall–Kier alpha value is -2.21. The molecule has 2 aromatic rings. The summed E-state index contributed by atoms with van der Waals surface area (Å²) in [6, 6.07) is 8.62. The summed E-state index contributed by atoms with van der Waals surface area (Å²) >= 11 is 4.98. The number of halogens is 2. The van der Waals surface area contributed by atoms with Gasteiger partial charge in [0.25, 0.3) is 0 Å². The van der Waals surface area contributed by atoms with Crippen molar-refractivity contribution in [1.29, 1.82) is 0 Å². The topological polar surface area (TPSA) is 47.3 Å². The molecular weight excluding hydrogens is 294 g/mol. The van der Waals surface area contributed by atoms with Crippen molar-refractivity contribution in [1.82, 2.24) is 0 Å². The normalized spacial score (nSPS) is 10.2. The fourth-order valence-corrected chi connectivity index (χ4v) is 2.04. The second kappa shape index (κ2) is 6.49. The predicted molar refractivity (Wildman–Crippen MR) is 82.6 cm³/mol. The van der Waals surface area contributed by atoms with Crippen LogP contribution in [0.25, 0.3) is 0 Å². The number of nitrogens with one attached hydrogen (secondary N) is 1. The van der Waals surface area contributed by atoms with E-state index in [9.17, 15) is 8.78 Å². The first-order valence-corrected chi connectivity index (χ1v) is 6.57. The van der Waals surface area contributed by atoms with Gasteiger partial charge in [0.1, 0.15) is 22.4 Å². The van der Waals surface area contributed by atoms with Crippen LogP contribution in [0, 0.1) is 11.6 Å². The third kappa shape index (κ3) is 3.66. The standard InChI is InChI=1S/C15H14F2N2OS/c1-20-11-4-5-12(15(18)21)14(7-11)19-8-9-2-3-10(16)6-13(9)17/h2-7,19H,8H2,1H3,(H2,18,21). The zero-order valence-corrected chi connectivity index (χ0v) is 12.1. The number of thiocarbonyl (C=S) groups is 1. The molecule has 0 aromatic heterocycles. The van der Waals surface area contributed by atoms with Gasteiger partial charge in [-0.25, -0.2) is 8.78 Å². The molecule has 0 aliphatic heterocycles. The number of benzene rings is 2. The van der Waals surface area contributed by atoms with Gasteiger partial charge in [-0.3, -0.25) is 0 Å². The Kier molecular flexibility index (Phi) is 4.70. The van der Waals surface area contributed by atoms with Crippen LogP contribution in [0.5, 0.6) is 5.75 Å². The lowest BCUT2D eigenvalue weighted by molar-refractivity contribution is 0.415. The Morgan fingerprint density at radius 1 is 1.24 bits per heavy atom. The summed E-state index contributed by atoms with van der Waals surface area (Å²) in [5.41, 5.74) is 7.26. The molecule has 0 atom stereocenters. The lowest BCUT2D eigenvalue weighted by atomic mass is 10.1. The van der Waals surface area contributed by atoms with Gasteiger partial charge in [-0.2, -0.15) is 0 Å². The minimum atomic E-state index is -0.610. The first kappa shape index (κ1) is 15.2. The summed E-state index contributed by atoms with van der Waals surface area (Å²) in [6.07, 6.45) is 0. The molecular formula is C15H14F2N2OS. The van der Waals surface area contributed by atoms with E-state index in [1.54, 1.807) is 25.3 Å². The van der Waals surface area contributed by atoms with Crippen LogP contribution in [0.2, 0.25) is 0 Å². The molecule has 3 nitrogen and oxygen atoms in total. The summed E-state index contributed by atoms with van der Waals surface area (Å²) in [6.45, 7) is 0.175. The third-order valence-electron chi connectivity index (χ3n) is 2.98. The first-order chi connectivity index (χ1) is 10.0. The molecule has 3 N–H and O–H groups in total. The Morgan fingerprint density at radius 3 is 2.62 bits per heavy atom. The summed E-state index contributed by atoms with van der Waals surface area (Å²) in [5, 5.41) is 3.04. The highest BCUT2D eigenvalue weighted by Crippen LogP contribution is 2.23. The van der Waals surface area contributed by atoms with Crippen molar-refractivity contribution in [3.05, 3.63) is 59.2 Å². The molecule has 2 rings (SSSR count). The number of nitrogens with two attached hydrogens (primary N) is 1. The number of hydrogen-bond donors (Lipinski definition) is 2. The second-order valence-electron chi connectivity index (χ2n) is 4.37. The molecule has 0 fully saturated rings. The molecule has 0 saturated heterocycles. The summed E-state index contributed by atoms with van der Waals surface area (Å²) in [4.78, 5) is 0.222. The van der Waals surface area contributed by atoms with E-state index in [1.165, 1.54) is 12.1 Å². The highest BCUT2D eigenvalue weighted by Gasteiger charge is 2.09. The monoisotopic (exact) mass is 308 g/mol. The molecule has 0 unspecified atom stereocenters. The van der Waals surface area contributed by atoms with Crippen molar-refractivity contribution in [2.24, 2.45) is 5.73 Å². The molecule has 0 amide bonds. The lowest BCUT2D eigenvalue weighted by Gasteiger charge is -2.13.